The fourth-order valence-electron chi connectivity index (χ4n) is 7.17. The standard InChI is InChI=1S/C36H43N5O5.ClH/c1-37-32(42)28-9-13-30(14-10-28)46-29-11-7-26(8-12-29)24-40-20-17-36(18-21-40)34(44)39-31(22-35(45)15-3-2-4-16-35)33(43)41(36)25-27-6-5-19-38-23-27;/h5-14,19,23,31,45H,2-4,15-18,20-22,24-25H2,1H3,(H,37,42)(H,39,44);1H/t31-;/m1./s1. The van der Waals surface area contributed by atoms with Gasteiger partial charge in [0, 0.05) is 57.6 Å². The van der Waals surface area contributed by atoms with E-state index in [9.17, 15) is 19.5 Å². The van der Waals surface area contributed by atoms with E-state index in [-0.39, 0.29) is 36.5 Å². The maximum Gasteiger partial charge on any atom is 0.251 e. The van der Waals surface area contributed by atoms with Gasteiger partial charge in [-0.1, -0.05) is 37.5 Å². The number of aromatic nitrogens is 1. The zero-order valence-corrected chi connectivity index (χ0v) is 27.6. The Morgan fingerprint density at radius 2 is 1.60 bits per heavy atom. The first-order valence-corrected chi connectivity index (χ1v) is 16.3. The Morgan fingerprint density at radius 1 is 0.936 bits per heavy atom. The maximum absolute atomic E-state index is 14.1. The van der Waals surface area contributed by atoms with Gasteiger partial charge in [-0.3, -0.25) is 24.3 Å². The molecule has 1 spiro atoms. The number of piperidine rings is 1. The largest absolute Gasteiger partial charge is 0.457 e. The number of nitrogens with one attached hydrogen (secondary N) is 2. The summed E-state index contributed by atoms with van der Waals surface area (Å²) in [4.78, 5) is 48.2. The van der Waals surface area contributed by atoms with Crippen LogP contribution < -0.4 is 15.4 Å². The minimum Gasteiger partial charge on any atom is -0.457 e. The number of pyridine rings is 1. The van der Waals surface area contributed by atoms with Crippen LogP contribution in [0.5, 0.6) is 11.5 Å². The number of aliphatic hydroxyl groups is 1. The van der Waals surface area contributed by atoms with Gasteiger partial charge in [0.2, 0.25) is 11.8 Å². The molecule has 3 amide bonds. The number of nitrogens with zero attached hydrogens (tertiary/aromatic N) is 3. The summed E-state index contributed by atoms with van der Waals surface area (Å²) in [5, 5.41) is 16.9. The molecule has 1 saturated carbocycles. The van der Waals surface area contributed by atoms with Gasteiger partial charge in [-0.2, -0.15) is 0 Å². The number of rotatable bonds is 9. The first-order valence-electron chi connectivity index (χ1n) is 16.3. The Balaban J connectivity index is 0.00000433. The molecule has 2 saturated heterocycles. The summed E-state index contributed by atoms with van der Waals surface area (Å²) >= 11 is 0. The molecule has 0 bridgehead atoms. The van der Waals surface area contributed by atoms with E-state index in [0.717, 1.165) is 30.4 Å². The van der Waals surface area contributed by atoms with Crippen molar-refractivity contribution < 1.29 is 24.2 Å². The van der Waals surface area contributed by atoms with E-state index in [1.54, 1.807) is 48.6 Å². The Kier molecular flexibility index (Phi) is 10.8. The lowest BCUT2D eigenvalue weighted by Crippen LogP contribution is -2.73. The van der Waals surface area contributed by atoms with Crippen molar-refractivity contribution in [1.29, 1.82) is 0 Å². The normalized spacial score (nSPS) is 20.6. The first kappa shape index (κ1) is 34.3. The van der Waals surface area contributed by atoms with Crippen LogP contribution in [-0.4, -0.2) is 74.9 Å². The number of amides is 3. The Morgan fingerprint density at radius 3 is 2.21 bits per heavy atom. The van der Waals surface area contributed by atoms with Crippen molar-refractivity contribution in [3.05, 3.63) is 89.7 Å². The zero-order valence-electron chi connectivity index (χ0n) is 26.8. The number of carbonyl (C=O) groups is 3. The van der Waals surface area contributed by atoms with Crippen molar-refractivity contribution in [1.82, 2.24) is 25.4 Å². The van der Waals surface area contributed by atoms with Gasteiger partial charge in [0.05, 0.1) is 5.60 Å². The van der Waals surface area contributed by atoms with E-state index in [1.807, 2.05) is 36.4 Å². The number of carbonyl (C=O) groups excluding carboxylic acids is 3. The molecule has 6 rings (SSSR count). The molecule has 0 radical (unpaired) electrons. The molecule has 3 aromatic rings. The Bertz CT molecular complexity index is 1520. The quantitative estimate of drug-likeness (QED) is 0.306. The summed E-state index contributed by atoms with van der Waals surface area (Å²) in [6.07, 6.45) is 9.04. The lowest BCUT2D eigenvalue weighted by Gasteiger charge is -2.52. The fraction of sp³-hybridized carbons (Fsp3) is 0.444. The van der Waals surface area contributed by atoms with Crippen molar-refractivity contribution in [3.8, 4) is 11.5 Å². The SMILES string of the molecule is CNC(=O)c1ccc(Oc2ccc(CN3CCC4(CC3)C(=O)N[C@H](CC3(O)CCCCC3)C(=O)N4Cc3cccnc3)cc2)cc1.Cl. The van der Waals surface area contributed by atoms with Crippen molar-refractivity contribution >= 4 is 30.1 Å². The van der Waals surface area contributed by atoms with Crippen LogP contribution in [0, 0.1) is 0 Å². The van der Waals surface area contributed by atoms with Crippen LogP contribution in [0.15, 0.2) is 73.1 Å². The van der Waals surface area contributed by atoms with Crippen LogP contribution in [0.25, 0.3) is 0 Å². The van der Waals surface area contributed by atoms with Gasteiger partial charge in [-0.25, -0.2) is 0 Å². The average Bonchev–Trinajstić information content (AvgIpc) is 3.08. The van der Waals surface area contributed by atoms with E-state index in [2.05, 4.69) is 20.5 Å². The smallest absolute Gasteiger partial charge is 0.251 e. The van der Waals surface area contributed by atoms with Crippen LogP contribution in [0.3, 0.4) is 0 Å². The number of halogens is 1. The van der Waals surface area contributed by atoms with Crippen LogP contribution in [0.4, 0.5) is 0 Å². The molecule has 47 heavy (non-hydrogen) atoms. The van der Waals surface area contributed by atoms with Gasteiger partial charge >= 0.3 is 0 Å². The van der Waals surface area contributed by atoms with Crippen molar-refractivity contribution in [3.63, 3.8) is 0 Å². The minimum atomic E-state index is -0.944. The predicted molar refractivity (Wildman–Crippen MR) is 180 cm³/mol. The first-order chi connectivity index (χ1) is 22.3. The molecule has 2 aromatic carbocycles. The maximum atomic E-state index is 14.1. The predicted octanol–water partition coefficient (Wildman–Crippen LogP) is 4.60. The fourth-order valence-corrected chi connectivity index (χ4v) is 7.17. The van der Waals surface area contributed by atoms with Gasteiger partial charge in [0.1, 0.15) is 23.1 Å². The number of piperazine rings is 1. The Hall–Kier alpha value is -3.99. The molecule has 1 aromatic heterocycles. The van der Waals surface area contributed by atoms with E-state index in [1.165, 1.54) is 0 Å². The molecule has 1 aliphatic carbocycles. The molecule has 3 fully saturated rings. The summed E-state index contributed by atoms with van der Waals surface area (Å²) in [5.74, 6) is 0.965. The second-order valence-corrected chi connectivity index (χ2v) is 13.0. The lowest BCUT2D eigenvalue weighted by molar-refractivity contribution is -0.164. The summed E-state index contributed by atoms with van der Waals surface area (Å²) in [6.45, 7) is 2.35. The highest BCUT2D eigenvalue weighted by molar-refractivity contribution is 6.00. The molecule has 2 aliphatic heterocycles. The third kappa shape index (κ3) is 7.77. The van der Waals surface area contributed by atoms with Gasteiger partial charge in [-0.05, 0) is 79.3 Å². The van der Waals surface area contributed by atoms with Gasteiger partial charge in [-0.15, -0.1) is 12.4 Å². The van der Waals surface area contributed by atoms with Crippen LogP contribution in [0.2, 0.25) is 0 Å². The molecule has 0 unspecified atom stereocenters. The number of benzene rings is 2. The highest BCUT2D eigenvalue weighted by atomic mass is 35.5. The number of hydrogen-bond donors (Lipinski definition) is 3. The van der Waals surface area contributed by atoms with E-state index in [4.69, 9.17) is 4.74 Å². The van der Waals surface area contributed by atoms with Gasteiger partial charge in [0.15, 0.2) is 0 Å². The summed E-state index contributed by atoms with van der Waals surface area (Å²) in [5.41, 5.74) is 0.710. The zero-order chi connectivity index (χ0) is 32.1. The van der Waals surface area contributed by atoms with Gasteiger partial charge < -0.3 is 25.4 Å². The second kappa shape index (κ2) is 14.8. The minimum absolute atomic E-state index is 0. The summed E-state index contributed by atoms with van der Waals surface area (Å²) in [6, 6.07) is 18.0. The summed E-state index contributed by atoms with van der Waals surface area (Å²) < 4.78 is 5.96. The summed E-state index contributed by atoms with van der Waals surface area (Å²) in [7, 11) is 1.60. The molecule has 3 heterocycles. The van der Waals surface area contributed by atoms with Gasteiger partial charge in [0.25, 0.3) is 5.91 Å². The highest BCUT2D eigenvalue weighted by Gasteiger charge is 2.54. The number of likely N-dealkylation sites (tertiary alicyclic amines) is 1. The third-order valence-corrected chi connectivity index (χ3v) is 9.83. The van der Waals surface area contributed by atoms with Crippen molar-refractivity contribution in [2.45, 2.75) is 81.6 Å². The van der Waals surface area contributed by atoms with Crippen LogP contribution in [-0.2, 0) is 22.7 Å². The van der Waals surface area contributed by atoms with E-state index in [0.29, 0.717) is 68.9 Å². The number of ether oxygens (including phenoxy) is 1. The van der Waals surface area contributed by atoms with E-state index < -0.39 is 17.2 Å². The molecule has 11 heteroatoms. The topological polar surface area (TPSA) is 124 Å². The highest BCUT2D eigenvalue weighted by Crippen LogP contribution is 2.38. The molecular formula is C36H44ClN5O5. The molecule has 3 N–H and O–H groups in total. The van der Waals surface area contributed by atoms with E-state index >= 15 is 0 Å². The molecule has 1 atom stereocenters. The number of hydrogen-bond acceptors (Lipinski definition) is 7. The average molecular weight is 662 g/mol. The second-order valence-electron chi connectivity index (χ2n) is 13.0. The Labute approximate surface area is 282 Å². The van der Waals surface area contributed by atoms with Crippen LogP contribution >= 0.6 is 12.4 Å². The van der Waals surface area contributed by atoms with Crippen molar-refractivity contribution in [2.24, 2.45) is 0 Å². The third-order valence-electron chi connectivity index (χ3n) is 9.83. The van der Waals surface area contributed by atoms with Crippen LogP contribution in [0.1, 0.15) is 72.9 Å². The monoisotopic (exact) mass is 661 g/mol. The molecule has 250 valence electrons. The molecule has 10 nitrogen and oxygen atoms in total. The van der Waals surface area contributed by atoms with Crippen molar-refractivity contribution in [2.75, 3.05) is 20.1 Å². The lowest BCUT2D eigenvalue weighted by atomic mass is 9.77. The molecule has 3 aliphatic rings. The molecular weight excluding hydrogens is 618 g/mol.